The lowest BCUT2D eigenvalue weighted by Gasteiger charge is -2.25. The number of amides is 1. The van der Waals surface area contributed by atoms with Gasteiger partial charge in [-0.25, -0.2) is 4.98 Å². The van der Waals surface area contributed by atoms with Gasteiger partial charge in [0.2, 0.25) is 5.91 Å². The highest BCUT2D eigenvalue weighted by atomic mass is 16.5. The van der Waals surface area contributed by atoms with E-state index >= 15 is 0 Å². The number of methoxy groups -OCH3 is 1. The van der Waals surface area contributed by atoms with Crippen LogP contribution >= 0.6 is 0 Å². The summed E-state index contributed by atoms with van der Waals surface area (Å²) >= 11 is 0. The van der Waals surface area contributed by atoms with Crippen molar-refractivity contribution in [1.29, 1.82) is 0 Å². The third-order valence-electron chi connectivity index (χ3n) is 5.23. The number of imidazole rings is 1. The number of H-pyrrole nitrogens is 1. The van der Waals surface area contributed by atoms with Gasteiger partial charge in [-0.05, 0) is 32.0 Å². The first-order chi connectivity index (χ1) is 12.0. The van der Waals surface area contributed by atoms with E-state index < -0.39 is 0 Å². The second kappa shape index (κ2) is 7.54. The Balaban J connectivity index is 1.53. The molecule has 0 saturated carbocycles. The molecule has 1 aliphatic rings. The standard InChI is InChI=1S/C19H28N4O2/c1-13-6-5-7-16-19(13)21-17(20-16)8-9-18(24)23(3)11-14-10-15(25-4)12-22(14)2/h5-7,14-15H,8-12H2,1-4H3,(H,20,21)/t14-,15-/m0/s1. The van der Waals surface area contributed by atoms with Crippen molar-refractivity contribution in [2.45, 2.75) is 38.3 Å². The van der Waals surface area contributed by atoms with Crippen molar-refractivity contribution >= 4 is 16.9 Å². The van der Waals surface area contributed by atoms with Gasteiger partial charge in [0, 0.05) is 46.1 Å². The second-order valence-corrected chi connectivity index (χ2v) is 7.12. The molecule has 2 atom stereocenters. The molecule has 2 aromatic rings. The Morgan fingerprint density at radius 3 is 2.96 bits per heavy atom. The van der Waals surface area contributed by atoms with Crippen LogP contribution in [0.2, 0.25) is 0 Å². The first-order valence-electron chi connectivity index (χ1n) is 8.89. The van der Waals surface area contributed by atoms with Crippen LogP contribution in [0.3, 0.4) is 0 Å². The summed E-state index contributed by atoms with van der Waals surface area (Å²) in [6.45, 7) is 3.73. The minimum Gasteiger partial charge on any atom is -0.380 e. The van der Waals surface area contributed by atoms with Crippen molar-refractivity contribution in [2.75, 3.05) is 34.3 Å². The van der Waals surface area contributed by atoms with Gasteiger partial charge in [-0.1, -0.05) is 12.1 Å². The van der Waals surface area contributed by atoms with Crippen LogP contribution in [0.25, 0.3) is 11.0 Å². The third kappa shape index (κ3) is 4.02. The van der Waals surface area contributed by atoms with E-state index in [0.717, 1.165) is 41.9 Å². The molecule has 0 unspecified atom stereocenters. The number of aromatic nitrogens is 2. The lowest BCUT2D eigenvalue weighted by atomic mass is 10.2. The number of nitrogens with zero attached hydrogens (tertiary/aromatic N) is 3. The zero-order valence-corrected chi connectivity index (χ0v) is 15.6. The maximum Gasteiger partial charge on any atom is 0.222 e. The molecule has 1 amide bonds. The molecule has 1 aliphatic heterocycles. The van der Waals surface area contributed by atoms with E-state index in [2.05, 4.69) is 34.9 Å². The van der Waals surface area contributed by atoms with Gasteiger partial charge in [-0.2, -0.15) is 0 Å². The van der Waals surface area contributed by atoms with Gasteiger partial charge in [-0.15, -0.1) is 0 Å². The smallest absolute Gasteiger partial charge is 0.222 e. The number of aromatic amines is 1. The number of fused-ring (bicyclic) bond motifs is 1. The minimum atomic E-state index is 0.159. The second-order valence-electron chi connectivity index (χ2n) is 7.12. The topological polar surface area (TPSA) is 61.5 Å². The molecule has 0 aliphatic carbocycles. The molecule has 2 heterocycles. The largest absolute Gasteiger partial charge is 0.380 e. The normalized spacial score (nSPS) is 21.1. The Hall–Kier alpha value is -1.92. The number of para-hydroxylation sites is 1. The molecule has 1 saturated heterocycles. The van der Waals surface area contributed by atoms with Gasteiger partial charge < -0.3 is 14.6 Å². The number of hydrogen-bond acceptors (Lipinski definition) is 4. The summed E-state index contributed by atoms with van der Waals surface area (Å²) in [5.41, 5.74) is 3.19. The van der Waals surface area contributed by atoms with Crippen LogP contribution in [0.4, 0.5) is 0 Å². The highest BCUT2D eigenvalue weighted by Crippen LogP contribution is 2.19. The van der Waals surface area contributed by atoms with Gasteiger partial charge in [-0.3, -0.25) is 9.69 Å². The average molecular weight is 344 g/mol. The first-order valence-corrected chi connectivity index (χ1v) is 8.89. The number of aryl methyl sites for hydroxylation is 2. The molecular weight excluding hydrogens is 316 g/mol. The number of likely N-dealkylation sites (N-methyl/N-ethyl adjacent to an activating group) is 2. The van der Waals surface area contributed by atoms with Gasteiger partial charge in [0.15, 0.2) is 0 Å². The van der Waals surface area contributed by atoms with Gasteiger partial charge in [0.25, 0.3) is 0 Å². The summed E-state index contributed by atoms with van der Waals surface area (Å²) in [4.78, 5) is 24.5. The Kier molecular flexibility index (Phi) is 5.39. The number of carbonyl (C=O) groups excluding carboxylic acids is 1. The van der Waals surface area contributed by atoms with Gasteiger partial charge in [0.1, 0.15) is 5.82 Å². The molecule has 136 valence electrons. The van der Waals surface area contributed by atoms with Crippen molar-refractivity contribution in [3.05, 3.63) is 29.6 Å². The van der Waals surface area contributed by atoms with Crippen molar-refractivity contribution in [3.63, 3.8) is 0 Å². The molecule has 0 radical (unpaired) electrons. The average Bonchev–Trinajstić information content (AvgIpc) is 3.17. The number of benzene rings is 1. The SMILES string of the molecule is CO[C@H]1C[C@@H](CN(C)C(=O)CCc2nc3c(C)cccc3[nH]2)N(C)C1. The Labute approximate surface area is 149 Å². The van der Waals surface area contributed by atoms with Crippen LogP contribution in [0.5, 0.6) is 0 Å². The predicted molar refractivity (Wildman–Crippen MR) is 98.6 cm³/mol. The molecular formula is C19H28N4O2. The van der Waals surface area contributed by atoms with Crippen LogP contribution in [-0.2, 0) is 16.0 Å². The van der Waals surface area contributed by atoms with E-state index in [9.17, 15) is 4.79 Å². The number of hydrogen-bond donors (Lipinski definition) is 1. The van der Waals surface area contributed by atoms with E-state index in [1.54, 1.807) is 7.11 Å². The summed E-state index contributed by atoms with van der Waals surface area (Å²) < 4.78 is 5.44. The van der Waals surface area contributed by atoms with Crippen LogP contribution in [-0.4, -0.2) is 72.1 Å². The maximum atomic E-state index is 12.5. The van der Waals surface area contributed by atoms with E-state index in [4.69, 9.17) is 4.74 Å². The van der Waals surface area contributed by atoms with E-state index in [0.29, 0.717) is 18.9 Å². The first kappa shape index (κ1) is 17.9. The fourth-order valence-corrected chi connectivity index (χ4v) is 3.59. The van der Waals surface area contributed by atoms with Crippen LogP contribution in [0, 0.1) is 6.92 Å². The maximum absolute atomic E-state index is 12.5. The molecule has 0 bridgehead atoms. The molecule has 25 heavy (non-hydrogen) atoms. The summed E-state index contributed by atoms with van der Waals surface area (Å²) in [5.74, 6) is 1.04. The summed E-state index contributed by atoms with van der Waals surface area (Å²) in [7, 11) is 5.74. The highest BCUT2D eigenvalue weighted by molar-refractivity contribution is 5.79. The fourth-order valence-electron chi connectivity index (χ4n) is 3.59. The van der Waals surface area contributed by atoms with Crippen molar-refractivity contribution in [2.24, 2.45) is 0 Å². The fraction of sp³-hybridized carbons (Fsp3) is 0.579. The zero-order chi connectivity index (χ0) is 18.0. The zero-order valence-electron chi connectivity index (χ0n) is 15.6. The number of ether oxygens (including phenoxy) is 1. The van der Waals surface area contributed by atoms with Crippen molar-refractivity contribution in [1.82, 2.24) is 19.8 Å². The minimum absolute atomic E-state index is 0.159. The van der Waals surface area contributed by atoms with Gasteiger partial charge >= 0.3 is 0 Å². The molecule has 6 heteroatoms. The monoisotopic (exact) mass is 344 g/mol. The highest BCUT2D eigenvalue weighted by Gasteiger charge is 2.30. The molecule has 0 spiro atoms. The lowest BCUT2D eigenvalue weighted by molar-refractivity contribution is -0.130. The quantitative estimate of drug-likeness (QED) is 0.870. The molecule has 3 rings (SSSR count). The number of likely N-dealkylation sites (tertiary alicyclic amines) is 1. The van der Waals surface area contributed by atoms with Crippen LogP contribution in [0.1, 0.15) is 24.2 Å². The number of carbonyl (C=O) groups is 1. The predicted octanol–water partition coefficient (Wildman–Crippen LogP) is 1.98. The summed E-state index contributed by atoms with van der Waals surface area (Å²) in [6, 6.07) is 6.46. The van der Waals surface area contributed by atoms with E-state index in [1.807, 2.05) is 24.1 Å². The summed E-state index contributed by atoms with van der Waals surface area (Å²) in [6.07, 6.45) is 2.36. The Bertz CT molecular complexity index is 742. The van der Waals surface area contributed by atoms with E-state index in [-0.39, 0.29) is 12.0 Å². The lowest BCUT2D eigenvalue weighted by Crippen LogP contribution is -2.39. The van der Waals surface area contributed by atoms with Gasteiger partial charge in [0.05, 0.1) is 17.1 Å². The van der Waals surface area contributed by atoms with Crippen LogP contribution < -0.4 is 0 Å². The van der Waals surface area contributed by atoms with Crippen molar-refractivity contribution < 1.29 is 9.53 Å². The van der Waals surface area contributed by atoms with Crippen LogP contribution in [0.15, 0.2) is 18.2 Å². The Morgan fingerprint density at radius 1 is 1.48 bits per heavy atom. The molecule has 1 aromatic carbocycles. The molecule has 1 fully saturated rings. The molecule has 1 N–H and O–H groups in total. The Morgan fingerprint density at radius 2 is 2.28 bits per heavy atom. The molecule has 6 nitrogen and oxygen atoms in total. The number of nitrogens with one attached hydrogen (secondary N) is 1. The number of rotatable bonds is 6. The van der Waals surface area contributed by atoms with E-state index in [1.165, 1.54) is 0 Å². The summed E-state index contributed by atoms with van der Waals surface area (Å²) in [5, 5.41) is 0. The third-order valence-corrected chi connectivity index (χ3v) is 5.23. The molecule has 1 aromatic heterocycles. The van der Waals surface area contributed by atoms with Crippen molar-refractivity contribution in [3.8, 4) is 0 Å².